The molecule has 1 aromatic heterocycles. The van der Waals surface area contributed by atoms with Gasteiger partial charge < -0.3 is 10.1 Å². The molecule has 1 saturated carbocycles. The van der Waals surface area contributed by atoms with E-state index in [1.165, 1.54) is 12.0 Å². The zero-order valence-electron chi connectivity index (χ0n) is 15.9. The van der Waals surface area contributed by atoms with Gasteiger partial charge in [-0.05, 0) is 54.0 Å². The van der Waals surface area contributed by atoms with E-state index in [2.05, 4.69) is 52.0 Å². The lowest BCUT2D eigenvalue weighted by atomic mass is 9.80. The van der Waals surface area contributed by atoms with Crippen LogP contribution in [0.1, 0.15) is 43.5 Å². The Bertz CT molecular complexity index is 914. The van der Waals surface area contributed by atoms with Gasteiger partial charge in [0.05, 0.1) is 12.6 Å². The van der Waals surface area contributed by atoms with Crippen molar-refractivity contribution in [3.8, 4) is 11.4 Å². The van der Waals surface area contributed by atoms with Crippen molar-refractivity contribution in [1.29, 1.82) is 0 Å². The van der Waals surface area contributed by atoms with Crippen molar-refractivity contribution in [2.24, 2.45) is 0 Å². The van der Waals surface area contributed by atoms with Gasteiger partial charge in [0.25, 0.3) is 0 Å². The van der Waals surface area contributed by atoms with Crippen LogP contribution in [0.3, 0.4) is 0 Å². The van der Waals surface area contributed by atoms with Gasteiger partial charge in [-0.1, -0.05) is 49.6 Å². The molecule has 4 rings (SSSR count). The fourth-order valence-electron chi connectivity index (χ4n) is 3.98. The summed E-state index contributed by atoms with van der Waals surface area (Å²) in [4.78, 5) is 0. The SMILES string of the molecule is COc1ccccc1-n1nnnc1C1(Nc2ccccc2C)CCCCC1. The lowest BCUT2D eigenvalue weighted by molar-refractivity contribution is 0.308. The zero-order chi connectivity index (χ0) is 18.7. The summed E-state index contributed by atoms with van der Waals surface area (Å²) >= 11 is 0. The van der Waals surface area contributed by atoms with Gasteiger partial charge in [0.2, 0.25) is 0 Å². The second kappa shape index (κ2) is 7.39. The minimum absolute atomic E-state index is 0.297. The molecule has 1 heterocycles. The van der Waals surface area contributed by atoms with Crippen LogP contribution in [0.25, 0.3) is 5.69 Å². The maximum atomic E-state index is 5.54. The van der Waals surface area contributed by atoms with E-state index in [9.17, 15) is 0 Å². The third-order valence-electron chi connectivity index (χ3n) is 5.44. The summed E-state index contributed by atoms with van der Waals surface area (Å²) in [6, 6.07) is 16.2. The van der Waals surface area contributed by atoms with Gasteiger partial charge >= 0.3 is 0 Å². The Labute approximate surface area is 159 Å². The standard InChI is InChI=1S/C21H25N5O/c1-16-10-4-5-11-17(16)22-21(14-8-3-9-15-21)20-23-24-25-26(20)18-12-6-7-13-19(18)27-2/h4-7,10-13,22H,3,8-9,14-15H2,1-2H3. The lowest BCUT2D eigenvalue weighted by Gasteiger charge is -2.38. The summed E-state index contributed by atoms with van der Waals surface area (Å²) in [7, 11) is 1.67. The molecule has 0 atom stereocenters. The summed E-state index contributed by atoms with van der Waals surface area (Å²) in [6.45, 7) is 2.13. The number of hydrogen-bond donors (Lipinski definition) is 1. The number of tetrazole rings is 1. The Morgan fingerprint density at radius 2 is 1.74 bits per heavy atom. The van der Waals surface area contributed by atoms with Crippen molar-refractivity contribution in [1.82, 2.24) is 20.2 Å². The van der Waals surface area contributed by atoms with Crippen molar-refractivity contribution in [3.63, 3.8) is 0 Å². The molecule has 6 nitrogen and oxygen atoms in total. The summed E-state index contributed by atoms with van der Waals surface area (Å²) in [5.74, 6) is 1.60. The Morgan fingerprint density at radius 3 is 2.52 bits per heavy atom. The Hall–Kier alpha value is -2.89. The third-order valence-corrected chi connectivity index (χ3v) is 5.44. The number of nitrogens with one attached hydrogen (secondary N) is 1. The number of para-hydroxylation sites is 3. The molecule has 0 spiro atoms. The third kappa shape index (κ3) is 3.27. The predicted molar refractivity (Wildman–Crippen MR) is 105 cm³/mol. The zero-order valence-corrected chi connectivity index (χ0v) is 15.9. The van der Waals surface area contributed by atoms with Crippen molar-refractivity contribution in [3.05, 3.63) is 59.9 Å². The van der Waals surface area contributed by atoms with Crippen molar-refractivity contribution < 1.29 is 4.74 Å². The molecule has 1 fully saturated rings. The minimum atomic E-state index is -0.297. The highest BCUT2D eigenvalue weighted by molar-refractivity contribution is 5.54. The molecule has 6 heteroatoms. The molecule has 0 unspecified atom stereocenters. The van der Waals surface area contributed by atoms with E-state index in [4.69, 9.17) is 4.74 Å². The second-order valence-electron chi connectivity index (χ2n) is 7.17. The molecule has 27 heavy (non-hydrogen) atoms. The van der Waals surface area contributed by atoms with Gasteiger partial charge in [0, 0.05) is 5.69 Å². The van der Waals surface area contributed by atoms with Gasteiger partial charge in [0.1, 0.15) is 11.4 Å². The number of nitrogens with zero attached hydrogens (tertiary/aromatic N) is 4. The molecule has 140 valence electrons. The quantitative estimate of drug-likeness (QED) is 0.734. The van der Waals surface area contributed by atoms with Crippen LogP contribution in [0, 0.1) is 6.92 Å². The summed E-state index contributed by atoms with van der Waals surface area (Å²) in [6.07, 6.45) is 5.54. The van der Waals surface area contributed by atoms with Crippen LogP contribution in [0.5, 0.6) is 5.75 Å². The van der Waals surface area contributed by atoms with Gasteiger partial charge in [-0.3, -0.25) is 0 Å². The average molecular weight is 363 g/mol. The molecular formula is C21H25N5O. The number of anilines is 1. The number of aryl methyl sites for hydroxylation is 1. The second-order valence-corrected chi connectivity index (χ2v) is 7.17. The molecule has 0 amide bonds. The van der Waals surface area contributed by atoms with Crippen LogP contribution in [0.2, 0.25) is 0 Å². The van der Waals surface area contributed by atoms with Crippen molar-refractivity contribution in [2.75, 3.05) is 12.4 Å². The largest absolute Gasteiger partial charge is 0.494 e. The van der Waals surface area contributed by atoms with Gasteiger partial charge in [0.15, 0.2) is 5.82 Å². The van der Waals surface area contributed by atoms with E-state index in [0.717, 1.165) is 48.6 Å². The average Bonchev–Trinajstić information content (AvgIpc) is 3.21. The van der Waals surface area contributed by atoms with Crippen molar-refractivity contribution >= 4 is 5.69 Å². The fraction of sp³-hybridized carbons (Fsp3) is 0.381. The molecule has 0 bridgehead atoms. The van der Waals surface area contributed by atoms with E-state index in [1.54, 1.807) is 7.11 Å². The molecular weight excluding hydrogens is 338 g/mol. The lowest BCUT2D eigenvalue weighted by Crippen LogP contribution is -2.40. The summed E-state index contributed by atoms with van der Waals surface area (Å²) < 4.78 is 7.37. The monoisotopic (exact) mass is 363 g/mol. The first-order chi connectivity index (χ1) is 13.2. The normalized spacial score (nSPS) is 16.1. The first-order valence-corrected chi connectivity index (χ1v) is 9.50. The molecule has 0 radical (unpaired) electrons. The summed E-state index contributed by atoms with van der Waals surface area (Å²) in [5, 5.41) is 16.6. The maximum Gasteiger partial charge on any atom is 0.182 e. The number of benzene rings is 2. The maximum absolute atomic E-state index is 5.54. The number of ether oxygens (including phenoxy) is 1. The van der Waals surface area contributed by atoms with Crippen LogP contribution < -0.4 is 10.1 Å². The predicted octanol–water partition coefficient (Wildman–Crippen LogP) is 4.25. The molecule has 1 aliphatic rings. The smallest absolute Gasteiger partial charge is 0.182 e. The number of methoxy groups -OCH3 is 1. The molecule has 0 aliphatic heterocycles. The van der Waals surface area contributed by atoms with Crippen LogP contribution in [-0.2, 0) is 5.54 Å². The van der Waals surface area contributed by atoms with E-state index in [1.807, 2.05) is 28.9 Å². The number of rotatable bonds is 5. The summed E-state index contributed by atoms with van der Waals surface area (Å²) in [5.41, 5.74) is 2.92. The first-order valence-electron chi connectivity index (χ1n) is 9.50. The number of hydrogen-bond acceptors (Lipinski definition) is 5. The highest BCUT2D eigenvalue weighted by Gasteiger charge is 2.39. The molecule has 1 aliphatic carbocycles. The van der Waals surface area contributed by atoms with E-state index in [0.29, 0.717) is 0 Å². The molecule has 0 saturated heterocycles. The Morgan fingerprint density at radius 1 is 1.00 bits per heavy atom. The van der Waals surface area contributed by atoms with Crippen LogP contribution in [0.4, 0.5) is 5.69 Å². The topological polar surface area (TPSA) is 64.9 Å². The molecule has 1 N–H and O–H groups in total. The van der Waals surface area contributed by atoms with Crippen molar-refractivity contribution in [2.45, 2.75) is 44.6 Å². The Kier molecular flexibility index (Phi) is 4.79. The van der Waals surface area contributed by atoms with Crippen LogP contribution in [-0.4, -0.2) is 27.3 Å². The van der Waals surface area contributed by atoms with Gasteiger partial charge in [-0.2, -0.15) is 4.68 Å². The fourth-order valence-corrected chi connectivity index (χ4v) is 3.98. The van der Waals surface area contributed by atoms with Gasteiger partial charge in [-0.15, -0.1) is 5.10 Å². The molecule has 2 aromatic carbocycles. The van der Waals surface area contributed by atoms with Crippen LogP contribution >= 0.6 is 0 Å². The highest BCUT2D eigenvalue weighted by atomic mass is 16.5. The number of aromatic nitrogens is 4. The van der Waals surface area contributed by atoms with E-state index < -0.39 is 0 Å². The minimum Gasteiger partial charge on any atom is -0.494 e. The first kappa shape index (κ1) is 17.5. The highest BCUT2D eigenvalue weighted by Crippen LogP contribution is 2.40. The van der Waals surface area contributed by atoms with Crippen LogP contribution in [0.15, 0.2) is 48.5 Å². The van der Waals surface area contributed by atoms with Gasteiger partial charge in [-0.25, -0.2) is 0 Å². The van der Waals surface area contributed by atoms with E-state index in [-0.39, 0.29) is 5.54 Å². The molecule has 3 aromatic rings. The Balaban J connectivity index is 1.81. The van der Waals surface area contributed by atoms with E-state index >= 15 is 0 Å².